The first-order valence-corrected chi connectivity index (χ1v) is 6.57. The van der Waals surface area contributed by atoms with Crippen molar-refractivity contribution in [3.05, 3.63) is 34.6 Å². The number of nitrogens with two attached hydrogens (primary N) is 1. The molecule has 21 heavy (non-hydrogen) atoms. The van der Waals surface area contributed by atoms with E-state index in [1.54, 1.807) is 0 Å². The van der Waals surface area contributed by atoms with Crippen LogP contribution in [0.2, 0.25) is 5.02 Å². The minimum atomic E-state index is -1.23. The number of nitrogens with zero attached hydrogens (tertiary/aromatic N) is 1. The van der Waals surface area contributed by atoms with Gasteiger partial charge in [0.1, 0.15) is 12.0 Å². The molecular weight excluding hydrogens is 325 g/mol. The van der Waals surface area contributed by atoms with Gasteiger partial charge in [0.05, 0.1) is 23.7 Å². The lowest BCUT2D eigenvalue weighted by Gasteiger charge is -2.30. The summed E-state index contributed by atoms with van der Waals surface area (Å²) in [6, 6.07) is 2.65. The molecule has 3 atom stereocenters. The predicted molar refractivity (Wildman–Crippen MR) is 77.7 cm³/mol. The summed E-state index contributed by atoms with van der Waals surface area (Å²) >= 11 is 5.71. The molecule has 0 saturated carbocycles. The molecule has 0 aromatic heterocycles. The topological polar surface area (TPSA) is 66.6 Å². The molecule has 4 nitrogen and oxygen atoms in total. The normalized spacial score (nSPS) is 23.6. The summed E-state index contributed by atoms with van der Waals surface area (Å²) in [4.78, 5) is 12.8. The number of carbonyl (C=O) groups excluding carboxylic acids is 1. The average Bonchev–Trinajstić information content (AvgIpc) is 2.77. The summed E-state index contributed by atoms with van der Waals surface area (Å²) in [7, 11) is 0. The van der Waals surface area contributed by atoms with Gasteiger partial charge in [0, 0.05) is 18.5 Å². The molecule has 118 valence electrons. The minimum absolute atomic E-state index is 0. The van der Waals surface area contributed by atoms with Gasteiger partial charge in [-0.05, 0) is 6.07 Å². The molecular formula is C13H16Cl2F2N2O2. The molecule has 1 saturated heterocycles. The smallest absolute Gasteiger partial charge is 0.234 e. The Kier molecular flexibility index (Phi) is 6.34. The number of hydrogen-bond donors (Lipinski definition) is 2. The van der Waals surface area contributed by atoms with Gasteiger partial charge >= 0.3 is 0 Å². The van der Waals surface area contributed by atoms with E-state index in [4.69, 9.17) is 17.3 Å². The van der Waals surface area contributed by atoms with Crippen molar-refractivity contribution in [2.75, 3.05) is 13.2 Å². The van der Waals surface area contributed by atoms with Crippen LogP contribution >= 0.6 is 24.0 Å². The van der Waals surface area contributed by atoms with Crippen molar-refractivity contribution < 1.29 is 18.7 Å². The average molecular weight is 341 g/mol. The van der Waals surface area contributed by atoms with Crippen molar-refractivity contribution >= 4 is 29.9 Å². The Morgan fingerprint density at radius 2 is 2.24 bits per heavy atom. The van der Waals surface area contributed by atoms with Crippen LogP contribution in [-0.4, -0.2) is 41.3 Å². The molecule has 1 amide bonds. The Morgan fingerprint density at radius 3 is 2.81 bits per heavy atom. The highest BCUT2D eigenvalue weighted by molar-refractivity contribution is 6.30. The van der Waals surface area contributed by atoms with Crippen LogP contribution in [0.25, 0.3) is 0 Å². The van der Waals surface area contributed by atoms with Gasteiger partial charge in [-0.25, -0.2) is 8.78 Å². The number of benzene rings is 1. The zero-order valence-corrected chi connectivity index (χ0v) is 12.6. The van der Waals surface area contributed by atoms with Crippen LogP contribution < -0.4 is 5.73 Å². The molecule has 1 aliphatic heterocycles. The maximum atomic E-state index is 14.0. The fraction of sp³-hybridized carbons (Fsp3) is 0.462. The van der Waals surface area contributed by atoms with Gasteiger partial charge in [-0.3, -0.25) is 9.69 Å². The number of aliphatic hydroxyl groups excluding tert-OH is 1. The number of aliphatic hydroxyl groups is 1. The Morgan fingerprint density at radius 1 is 1.57 bits per heavy atom. The van der Waals surface area contributed by atoms with E-state index in [0.717, 1.165) is 0 Å². The van der Waals surface area contributed by atoms with Gasteiger partial charge in [-0.15, -0.1) is 12.4 Å². The molecule has 1 aromatic rings. The first kappa shape index (κ1) is 18.1. The molecule has 3 N–H and O–H groups in total. The summed E-state index contributed by atoms with van der Waals surface area (Å²) in [6.07, 6.45) is -1.28. The number of rotatable bonds is 4. The first-order valence-electron chi connectivity index (χ1n) is 6.19. The second-order valence-electron chi connectivity index (χ2n) is 4.79. The van der Waals surface area contributed by atoms with E-state index in [2.05, 4.69) is 0 Å². The SMILES string of the molecule is Cl.NC(=O)C1CC(F)CN1[C@@H](CO)c1cccc(Cl)c1F. The van der Waals surface area contributed by atoms with Gasteiger partial charge in [0.15, 0.2) is 0 Å². The van der Waals surface area contributed by atoms with Gasteiger partial charge in [0.25, 0.3) is 0 Å². The molecule has 0 bridgehead atoms. The molecule has 8 heteroatoms. The third-order valence-corrected chi connectivity index (χ3v) is 3.82. The Labute approximate surface area is 132 Å². The number of carbonyl (C=O) groups is 1. The number of amides is 1. The molecule has 1 fully saturated rings. The number of likely N-dealkylation sites (tertiary alicyclic amines) is 1. The van der Waals surface area contributed by atoms with Gasteiger partial charge in [-0.1, -0.05) is 23.7 Å². The standard InChI is InChI=1S/C13H15ClF2N2O2.ClH/c14-9-3-1-2-8(12(9)16)11(6-19)18-5-7(15)4-10(18)13(17)20;/h1-3,7,10-11,19H,4-6H2,(H2,17,20);1H/t7?,10?,11-;/m0./s1. The number of halogens is 4. The molecule has 1 aromatic carbocycles. The second kappa shape index (κ2) is 7.35. The van der Waals surface area contributed by atoms with Crippen LogP contribution in [0.3, 0.4) is 0 Å². The summed E-state index contributed by atoms with van der Waals surface area (Å²) in [5, 5.41) is 9.42. The first-order chi connectivity index (χ1) is 9.45. The summed E-state index contributed by atoms with van der Waals surface area (Å²) < 4.78 is 27.6. The zero-order chi connectivity index (χ0) is 14.9. The third-order valence-electron chi connectivity index (χ3n) is 3.53. The molecule has 2 rings (SSSR count). The number of alkyl halides is 1. The van der Waals surface area contributed by atoms with Crippen LogP contribution in [0.1, 0.15) is 18.0 Å². The highest BCUT2D eigenvalue weighted by atomic mass is 35.5. The molecule has 2 unspecified atom stereocenters. The fourth-order valence-electron chi connectivity index (χ4n) is 2.59. The lowest BCUT2D eigenvalue weighted by Crippen LogP contribution is -2.43. The second-order valence-corrected chi connectivity index (χ2v) is 5.20. The zero-order valence-electron chi connectivity index (χ0n) is 11.0. The van der Waals surface area contributed by atoms with Crippen molar-refractivity contribution in [1.29, 1.82) is 0 Å². The van der Waals surface area contributed by atoms with E-state index in [9.17, 15) is 18.7 Å². The van der Waals surface area contributed by atoms with Crippen molar-refractivity contribution in [2.24, 2.45) is 5.73 Å². The van der Waals surface area contributed by atoms with E-state index in [0.29, 0.717) is 0 Å². The Hall–Kier alpha value is -0.950. The quantitative estimate of drug-likeness (QED) is 0.878. The van der Waals surface area contributed by atoms with Crippen molar-refractivity contribution in [2.45, 2.75) is 24.7 Å². The maximum absolute atomic E-state index is 14.0. The van der Waals surface area contributed by atoms with E-state index in [-0.39, 0.29) is 36.0 Å². The Bertz CT molecular complexity index is 519. The molecule has 1 heterocycles. The van der Waals surface area contributed by atoms with Crippen LogP contribution in [0, 0.1) is 5.82 Å². The van der Waals surface area contributed by atoms with Crippen molar-refractivity contribution in [1.82, 2.24) is 4.90 Å². The lowest BCUT2D eigenvalue weighted by molar-refractivity contribution is -0.123. The van der Waals surface area contributed by atoms with E-state index < -0.39 is 36.6 Å². The van der Waals surface area contributed by atoms with Gasteiger partial charge in [-0.2, -0.15) is 0 Å². The highest BCUT2D eigenvalue weighted by Gasteiger charge is 2.40. The summed E-state index contributed by atoms with van der Waals surface area (Å²) in [5.41, 5.74) is 5.37. The fourth-order valence-corrected chi connectivity index (χ4v) is 2.77. The molecule has 0 aliphatic carbocycles. The maximum Gasteiger partial charge on any atom is 0.234 e. The molecule has 0 radical (unpaired) electrons. The van der Waals surface area contributed by atoms with Crippen LogP contribution in [0.15, 0.2) is 18.2 Å². The molecule has 1 aliphatic rings. The number of hydrogen-bond acceptors (Lipinski definition) is 3. The summed E-state index contributed by atoms with van der Waals surface area (Å²) in [5.74, 6) is -1.37. The monoisotopic (exact) mass is 340 g/mol. The number of primary amides is 1. The predicted octanol–water partition coefficient (Wildman–Crippen LogP) is 1.83. The largest absolute Gasteiger partial charge is 0.394 e. The minimum Gasteiger partial charge on any atom is -0.394 e. The highest BCUT2D eigenvalue weighted by Crippen LogP contribution is 2.33. The van der Waals surface area contributed by atoms with E-state index in [1.807, 2.05) is 0 Å². The van der Waals surface area contributed by atoms with Gasteiger partial charge in [0.2, 0.25) is 5.91 Å². The van der Waals surface area contributed by atoms with Crippen LogP contribution in [-0.2, 0) is 4.79 Å². The van der Waals surface area contributed by atoms with Crippen LogP contribution in [0.5, 0.6) is 0 Å². The van der Waals surface area contributed by atoms with E-state index >= 15 is 0 Å². The van der Waals surface area contributed by atoms with Crippen molar-refractivity contribution in [3.8, 4) is 0 Å². The van der Waals surface area contributed by atoms with Gasteiger partial charge < -0.3 is 10.8 Å². The Balaban J connectivity index is 0.00000220. The van der Waals surface area contributed by atoms with Crippen LogP contribution in [0.4, 0.5) is 8.78 Å². The summed E-state index contributed by atoms with van der Waals surface area (Å²) in [6.45, 7) is -0.543. The van der Waals surface area contributed by atoms with Crippen molar-refractivity contribution in [3.63, 3.8) is 0 Å². The van der Waals surface area contributed by atoms with E-state index in [1.165, 1.54) is 23.1 Å². The third kappa shape index (κ3) is 3.63. The molecule has 0 spiro atoms. The lowest BCUT2D eigenvalue weighted by atomic mass is 10.0.